The normalized spacial score (nSPS) is 18.2. The molecule has 1 saturated heterocycles. The molecule has 104 valence electrons. The predicted octanol–water partition coefficient (Wildman–Crippen LogP) is 2.71. The lowest BCUT2D eigenvalue weighted by atomic mass is 10.1. The third-order valence-corrected chi connectivity index (χ3v) is 3.87. The van der Waals surface area contributed by atoms with Gasteiger partial charge in [-0.25, -0.2) is 0 Å². The highest BCUT2D eigenvalue weighted by Gasteiger charge is 2.19. The number of hydrogen-bond acceptors (Lipinski definition) is 3. The number of carbonyl (C=O) groups is 1. The first-order chi connectivity index (χ1) is 8.83. The van der Waals surface area contributed by atoms with Gasteiger partial charge in [0.05, 0.1) is 0 Å². The fourth-order valence-electron chi connectivity index (χ4n) is 2.82. The van der Waals surface area contributed by atoms with Crippen molar-refractivity contribution >= 4 is 18.2 Å². The molecule has 1 aliphatic heterocycles. The maximum Gasteiger partial charge on any atom is 0.163 e. The molecule has 1 aromatic carbocycles. The number of hydrogen-bond donors (Lipinski definition) is 0. The maximum absolute atomic E-state index is 11.5. The highest BCUT2D eigenvalue weighted by Crippen LogP contribution is 2.26. The van der Waals surface area contributed by atoms with Crippen molar-refractivity contribution < 1.29 is 9.53 Å². The van der Waals surface area contributed by atoms with Crippen molar-refractivity contribution in [3.8, 4) is 5.75 Å². The van der Waals surface area contributed by atoms with E-state index in [0.29, 0.717) is 6.42 Å². The van der Waals surface area contributed by atoms with Crippen molar-refractivity contribution in [2.75, 3.05) is 26.2 Å². The molecule has 0 atom stereocenters. The van der Waals surface area contributed by atoms with Crippen molar-refractivity contribution in [1.82, 2.24) is 4.90 Å². The molecule has 0 bridgehead atoms. The summed E-state index contributed by atoms with van der Waals surface area (Å²) in [6.07, 6.45) is 4.17. The second-order valence-electron chi connectivity index (χ2n) is 5.14. The Morgan fingerprint density at radius 3 is 2.74 bits per heavy atom. The summed E-state index contributed by atoms with van der Waals surface area (Å²) >= 11 is 0. The third-order valence-electron chi connectivity index (χ3n) is 3.87. The van der Waals surface area contributed by atoms with Crippen LogP contribution in [0.3, 0.4) is 0 Å². The Hall–Kier alpha value is -1.06. The van der Waals surface area contributed by atoms with Crippen LogP contribution in [0.5, 0.6) is 5.75 Å². The van der Waals surface area contributed by atoms with Crippen LogP contribution in [0, 0.1) is 0 Å². The van der Waals surface area contributed by atoms with Crippen LogP contribution in [0.25, 0.3) is 0 Å². The Labute approximate surface area is 120 Å². The quantitative estimate of drug-likeness (QED) is 0.850. The molecular formula is C15H20ClNO2. The summed E-state index contributed by atoms with van der Waals surface area (Å²) in [6, 6.07) is 5.87. The van der Waals surface area contributed by atoms with Crippen LogP contribution < -0.4 is 4.74 Å². The summed E-state index contributed by atoms with van der Waals surface area (Å²) in [7, 11) is 0. The molecule has 0 saturated carbocycles. The first kappa shape index (κ1) is 14.4. The average Bonchev–Trinajstić information content (AvgIpc) is 3.00. The SMILES string of the molecule is Cl.O=C1CCc2cc(OCCN3CCCC3)ccc21. The number of nitrogens with zero attached hydrogens (tertiary/aromatic N) is 1. The first-order valence-corrected chi connectivity index (χ1v) is 6.84. The Bertz CT molecular complexity index is 455. The van der Waals surface area contributed by atoms with Crippen molar-refractivity contribution in [1.29, 1.82) is 0 Å². The van der Waals surface area contributed by atoms with Crippen LogP contribution >= 0.6 is 12.4 Å². The van der Waals surface area contributed by atoms with Gasteiger partial charge in [0.15, 0.2) is 5.78 Å². The fourth-order valence-corrected chi connectivity index (χ4v) is 2.82. The van der Waals surface area contributed by atoms with Gasteiger partial charge in [0.2, 0.25) is 0 Å². The van der Waals surface area contributed by atoms with Gasteiger partial charge in [-0.2, -0.15) is 0 Å². The van der Waals surface area contributed by atoms with E-state index in [2.05, 4.69) is 4.90 Å². The van der Waals surface area contributed by atoms with Crippen LogP contribution in [0.4, 0.5) is 0 Å². The zero-order valence-electron chi connectivity index (χ0n) is 11.1. The van der Waals surface area contributed by atoms with Gasteiger partial charge in [-0.15, -0.1) is 12.4 Å². The van der Waals surface area contributed by atoms with E-state index in [1.807, 2.05) is 18.2 Å². The van der Waals surface area contributed by atoms with E-state index >= 15 is 0 Å². The number of aryl methyl sites for hydroxylation is 1. The number of Topliss-reactive ketones (excluding diaryl/α,β-unsaturated/α-hetero) is 1. The number of carbonyl (C=O) groups excluding carboxylic acids is 1. The lowest BCUT2D eigenvalue weighted by Crippen LogP contribution is -2.25. The van der Waals surface area contributed by atoms with E-state index in [1.165, 1.54) is 25.9 Å². The van der Waals surface area contributed by atoms with E-state index in [-0.39, 0.29) is 18.2 Å². The largest absolute Gasteiger partial charge is 0.492 e. The summed E-state index contributed by atoms with van der Waals surface area (Å²) in [5.41, 5.74) is 2.04. The van der Waals surface area contributed by atoms with Crippen molar-refractivity contribution in [3.63, 3.8) is 0 Å². The number of likely N-dealkylation sites (tertiary alicyclic amines) is 1. The highest BCUT2D eigenvalue weighted by molar-refractivity contribution is 6.00. The number of ether oxygens (including phenoxy) is 1. The zero-order chi connectivity index (χ0) is 12.4. The van der Waals surface area contributed by atoms with E-state index in [9.17, 15) is 4.79 Å². The molecule has 1 aromatic rings. The van der Waals surface area contributed by atoms with Crippen LogP contribution in [-0.2, 0) is 6.42 Å². The van der Waals surface area contributed by atoms with Crippen LogP contribution in [-0.4, -0.2) is 36.9 Å². The minimum absolute atomic E-state index is 0. The average molecular weight is 282 g/mol. The summed E-state index contributed by atoms with van der Waals surface area (Å²) in [6.45, 7) is 4.17. The summed E-state index contributed by atoms with van der Waals surface area (Å²) in [5.74, 6) is 1.18. The van der Waals surface area contributed by atoms with E-state index in [0.717, 1.165) is 36.4 Å². The molecule has 0 spiro atoms. The number of ketones is 1. The first-order valence-electron chi connectivity index (χ1n) is 6.84. The molecule has 0 N–H and O–H groups in total. The summed E-state index contributed by atoms with van der Waals surface area (Å²) < 4.78 is 5.78. The Morgan fingerprint density at radius 2 is 1.95 bits per heavy atom. The minimum atomic E-state index is 0. The Morgan fingerprint density at radius 1 is 1.16 bits per heavy atom. The minimum Gasteiger partial charge on any atom is -0.492 e. The molecule has 0 aromatic heterocycles. The number of benzene rings is 1. The smallest absolute Gasteiger partial charge is 0.163 e. The third kappa shape index (κ3) is 3.28. The van der Waals surface area contributed by atoms with Crippen molar-refractivity contribution in [2.24, 2.45) is 0 Å². The molecule has 19 heavy (non-hydrogen) atoms. The molecule has 1 aliphatic carbocycles. The van der Waals surface area contributed by atoms with Crippen LogP contribution in [0.15, 0.2) is 18.2 Å². The van der Waals surface area contributed by atoms with Gasteiger partial charge >= 0.3 is 0 Å². The number of rotatable bonds is 4. The fraction of sp³-hybridized carbons (Fsp3) is 0.533. The highest BCUT2D eigenvalue weighted by atomic mass is 35.5. The van der Waals surface area contributed by atoms with Gasteiger partial charge in [-0.1, -0.05) is 0 Å². The molecule has 0 amide bonds. The van der Waals surface area contributed by atoms with Gasteiger partial charge in [-0.3, -0.25) is 9.69 Å². The van der Waals surface area contributed by atoms with Gasteiger partial charge in [0.25, 0.3) is 0 Å². The zero-order valence-corrected chi connectivity index (χ0v) is 11.9. The molecule has 3 nitrogen and oxygen atoms in total. The van der Waals surface area contributed by atoms with E-state index < -0.39 is 0 Å². The monoisotopic (exact) mass is 281 g/mol. The van der Waals surface area contributed by atoms with Gasteiger partial charge in [0, 0.05) is 18.5 Å². The second kappa shape index (κ2) is 6.40. The topological polar surface area (TPSA) is 29.5 Å². The lowest BCUT2D eigenvalue weighted by Gasteiger charge is -2.15. The van der Waals surface area contributed by atoms with Gasteiger partial charge in [-0.05, 0) is 56.1 Å². The van der Waals surface area contributed by atoms with E-state index in [1.54, 1.807) is 0 Å². The van der Waals surface area contributed by atoms with Gasteiger partial charge in [0.1, 0.15) is 12.4 Å². The molecule has 1 heterocycles. The number of halogens is 1. The van der Waals surface area contributed by atoms with Crippen LogP contribution in [0.2, 0.25) is 0 Å². The predicted molar refractivity (Wildman–Crippen MR) is 77.5 cm³/mol. The summed E-state index contributed by atoms with van der Waals surface area (Å²) in [4.78, 5) is 14.0. The molecule has 4 heteroatoms. The lowest BCUT2D eigenvalue weighted by molar-refractivity contribution is 0.0994. The molecular weight excluding hydrogens is 262 g/mol. The molecule has 2 aliphatic rings. The standard InChI is InChI=1S/C15H19NO2.ClH/c17-15-6-3-12-11-13(4-5-14(12)15)18-10-9-16-7-1-2-8-16;/h4-5,11H,1-3,6-10H2;1H. The number of fused-ring (bicyclic) bond motifs is 1. The van der Waals surface area contributed by atoms with Crippen LogP contribution in [0.1, 0.15) is 35.2 Å². The van der Waals surface area contributed by atoms with E-state index in [4.69, 9.17) is 4.74 Å². The van der Waals surface area contributed by atoms with Gasteiger partial charge < -0.3 is 4.74 Å². The van der Waals surface area contributed by atoms with Crippen molar-refractivity contribution in [2.45, 2.75) is 25.7 Å². The van der Waals surface area contributed by atoms with Crippen molar-refractivity contribution in [3.05, 3.63) is 29.3 Å². The Kier molecular flexibility index (Phi) is 4.83. The Balaban J connectivity index is 0.00000133. The molecule has 1 fully saturated rings. The molecule has 0 radical (unpaired) electrons. The maximum atomic E-state index is 11.5. The molecule has 3 rings (SSSR count). The summed E-state index contributed by atoms with van der Waals surface area (Å²) in [5, 5.41) is 0. The second-order valence-corrected chi connectivity index (χ2v) is 5.14. The molecule has 0 unspecified atom stereocenters.